The number of fused-ring (bicyclic) bond motifs is 1. The number of nitrogens with one attached hydrogen (secondary N) is 1. The average Bonchev–Trinajstić information content (AvgIpc) is 2.83. The first-order valence-electron chi connectivity index (χ1n) is 9.01. The van der Waals surface area contributed by atoms with Crippen molar-refractivity contribution in [3.8, 4) is 11.5 Å². The molecule has 1 aromatic carbocycles. The number of benzene rings is 1. The Morgan fingerprint density at radius 3 is 2.50 bits per heavy atom. The van der Waals surface area contributed by atoms with Crippen molar-refractivity contribution in [1.82, 2.24) is 10.2 Å². The van der Waals surface area contributed by atoms with Crippen LogP contribution in [0.2, 0.25) is 0 Å². The maximum Gasteiger partial charge on any atom is 0.223 e. The van der Waals surface area contributed by atoms with E-state index >= 15 is 0 Å². The van der Waals surface area contributed by atoms with Gasteiger partial charge in [0.25, 0.3) is 0 Å². The second-order valence-corrected chi connectivity index (χ2v) is 9.10. The number of hydrogen-bond acceptors (Lipinski definition) is 6. The first-order chi connectivity index (χ1) is 12.3. The number of piperazine rings is 1. The molecule has 1 saturated heterocycles. The Hall–Kier alpha value is -1.80. The van der Waals surface area contributed by atoms with Crippen LogP contribution in [0.5, 0.6) is 11.5 Å². The molecule has 3 rings (SSSR count). The van der Waals surface area contributed by atoms with Gasteiger partial charge in [0.15, 0.2) is 21.3 Å². The molecule has 2 aliphatic rings. The minimum absolute atomic E-state index is 0.0176. The van der Waals surface area contributed by atoms with E-state index in [4.69, 9.17) is 9.47 Å². The first-order valence-corrected chi connectivity index (χ1v) is 10.7. The molecule has 2 heterocycles. The van der Waals surface area contributed by atoms with Gasteiger partial charge in [-0.2, -0.15) is 0 Å². The largest absolute Gasteiger partial charge is 0.490 e. The lowest BCUT2D eigenvalue weighted by atomic mass is 10.1. The van der Waals surface area contributed by atoms with Crippen LogP contribution in [0.4, 0.5) is 0 Å². The van der Waals surface area contributed by atoms with Crippen LogP contribution in [0, 0.1) is 0 Å². The molecular weight excluding hydrogens is 356 g/mol. The summed E-state index contributed by atoms with van der Waals surface area (Å²) in [4.78, 5) is 14.3. The summed E-state index contributed by atoms with van der Waals surface area (Å²) in [7, 11) is -3.57. The normalized spacial score (nSPS) is 23.4. The fraction of sp³-hybridized carbons (Fsp3) is 0.611. The number of hydrogen-bond donors (Lipinski definition) is 1. The van der Waals surface area contributed by atoms with Gasteiger partial charge in [-0.25, -0.2) is 8.42 Å². The van der Waals surface area contributed by atoms with E-state index in [1.54, 1.807) is 11.0 Å². The molecule has 1 amide bonds. The van der Waals surface area contributed by atoms with Crippen molar-refractivity contribution in [2.45, 2.75) is 43.7 Å². The van der Waals surface area contributed by atoms with Gasteiger partial charge in [-0.15, -0.1) is 0 Å². The van der Waals surface area contributed by atoms with Crippen molar-refractivity contribution in [3.63, 3.8) is 0 Å². The lowest BCUT2D eigenvalue weighted by Gasteiger charge is -2.36. The number of carbonyl (C=O) groups excluding carboxylic acids is 1. The molecule has 0 saturated carbocycles. The topological polar surface area (TPSA) is 84.9 Å². The summed E-state index contributed by atoms with van der Waals surface area (Å²) in [5, 5.41) is 3.36. The van der Waals surface area contributed by atoms with Gasteiger partial charge in [-0.1, -0.05) is 0 Å². The summed E-state index contributed by atoms with van der Waals surface area (Å²) in [6.45, 7) is 6.29. The van der Waals surface area contributed by atoms with Crippen LogP contribution in [0.25, 0.3) is 0 Å². The summed E-state index contributed by atoms with van der Waals surface area (Å²) in [6, 6.07) is 5.05. The fourth-order valence-corrected chi connectivity index (χ4v) is 4.61. The molecule has 1 N–H and O–H groups in total. The van der Waals surface area contributed by atoms with E-state index in [-0.39, 0.29) is 35.1 Å². The Balaban J connectivity index is 1.65. The molecule has 8 heteroatoms. The zero-order valence-electron chi connectivity index (χ0n) is 15.2. The maximum absolute atomic E-state index is 12.6. The van der Waals surface area contributed by atoms with Gasteiger partial charge in [0.2, 0.25) is 5.91 Å². The number of rotatable bonds is 4. The number of amides is 1. The smallest absolute Gasteiger partial charge is 0.223 e. The maximum atomic E-state index is 12.6. The zero-order valence-corrected chi connectivity index (χ0v) is 16.0. The minimum Gasteiger partial charge on any atom is -0.490 e. The highest BCUT2D eigenvalue weighted by Gasteiger charge is 2.26. The standard InChI is InChI=1S/C18H26N2O5S/c1-13-11-20(12-14(2)19-13)18(21)6-9-26(22,23)15-4-5-16-17(10-15)25-8-3-7-24-16/h4-5,10,13-14,19H,3,6-9,11-12H2,1-2H3/t13-,14+. The van der Waals surface area contributed by atoms with Gasteiger partial charge in [-0.05, 0) is 26.0 Å². The Bertz CT molecular complexity index is 755. The molecule has 0 bridgehead atoms. The van der Waals surface area contributed by atoms with E-state index < -0.39 is 9.84 Å². The number of carbonyl (C=O) groups is 1. The predicted molar refractivity (Wildman–Crippen MR) is 97.4 cm³/mol. The van der Waals surface area contributed by atoms with Crippen molar-refractivity contribution >= 4 is 15.7 Å². The molecule has 26 heavy (non-hydrogen) atoms. The van der Waals surface area contributed by atoms with E-state index in [1.165, 1.54) is 12.1 Å². The van der Waals surface area contributed by atoms with Crippen molar-refractivity contribution in [2.75, 3.05) is 32.1 Å². The van der Waals surface area contributed by atoms with E-state index in [0.717, 1.165) is 6.42 Å². The molecule has 0 spiro atoms. The van der Waals surface area contributed by atoms with E-state index in [1.807, 2.05) is 13.8 Å². The van der Waals surface area contributed by atoms with Gasteiger partial charge in [-0.3, -0.25) is 4.79 Å². The molecule has 0 radical (unpaired) electrons. The van der Waals surface area contributed by atoms with Crippen LogP contribution in [0.15, 0.2) is 23.1 Å². The van der Waals surface area contributed by atoms with Crippen molar-refractivity contribution < 1.29 is 22.7 Å². The van der Waals surface area contributed by atoms with Crippen LogP contribution in [-0.4, -0.2) is 63.4 Å². The second-order valence-electron chi connectivity index (χ2n) is 7.00. The van der Waals surface area contributed by atoms with Crippen LogP contribution in [0.1, 0.15) is 26.7 Å². The van der Waals surface area contributed by atoms with Gasteiger partial charge < -0.3 is 19.7 Å². The third kappa shape index (κ3) is 4.48. The number of ether oxygens (including phenoxy) is 2. The summed E-state index contributed by atoms with van der Waals surface area (Å²) in [5.74, 6) is 0.669. The molecule has 7 nitrogen and oxygen atoms in total. The summed E-state index contributed by atoms with van der Waals surface area (Å²) in [5.41, 5.74) is 0. The predicted octanol–water partition coefficient (Wildman–Crippen LogP) is 1.22. The Morgan fingerprint density at radius 1 is 1.15 bits per heavy atom. The molecule has 2 atom stereocenters. The molecule has 144 valence electrons. The van der Waals surface area contributed by atoms with E-state index in [2.05, 4.69) is 5.32 Å². The van der Waals surface area contributed by atoms with Crippen molar-refractivity contribution in [1.29, 1.82) is 0 Å². The summed E-state index contributed by atoms with van der Waals surface area (Å²) >= 11 is 0. The highest BCUT2D eigenvalue weighted by atomic mass is 32.2. The number of sulfone groups is 1. The van der Waals surface area contributed by atoms with Gasteiger partial charge in [0, 0.05) is 44.1 Å². The Labute approximate surface area is 154 Å². The molecule has 0 aromatic heterocycles. The molecule has 0 aliphatic carbocycles. The molecule has 0 unspecified atom stereocenters. The van der Waals surface area contributed by atoms with Crippen molar-refractivity contribution in [3.05, 3.63) is 18.2 Å². The van der Waals surface area contributed by atoms with Crippen molar-refractivity contribution in [2.24, 2.45) is 0 Å². The van der Waals surface area contributed by atoms with Gasteiger partial charge in [0.1, 0.15) is 0 Å². The van der Waals surface area contributed by atoms with Gasteiger partial charge in [0.05, 0.1) is 23.9 Å². The summed E-state index contributed by atoms with van der Waals surface area (Å²) < 4.78 is 36.4. The first kappa shape index (κ1) is 19.0. The van der Waals surface area contributed by atoms with Crippen LogP contribution >= 0.6 is 0 Å². The van der Waals surface area contributed by atoms with Crippen LogP contribution < -0.4 is 14.8 Å². The highest BCUT2D eigenvalue weighted by molar-refractivity contribution is 7.91. The SMILES string of the molecule is C[C@@H]1CN(C(=O)CCS(=O)(=O)c2ccc3c(c2)OCCCO3)C[C@H](C)N1. The molecular formula is C18H26N2O5S. The third-order valence-electron chi connectivity index (χ3n) is 4.57. The third-order valence-corrected chi connectivity index (χ3v) is 6.29. The van der Waals surface area contributed by atoms with Gasteiger partial charge >= 0.3 is 0 Å². The molecule has 1 fully saturated rings. The Morgan fingerprint density at radius 2 is 1.81 bits per heavy atom. The van der Waals surface area contributed by atoms with Crippen LogP contribution in [0.3, 0.4) is 0 Å². The summed E-state index contributed by atoms with van der Waals surface area (Å²) in [6.07, 6.45) is 0.739. The monoisotopic (exact) mass is 382 g/mol. The second kappa shape index (κ2) is 7.84. The average molecular weight is 382 g/mol. The van der Waals surface area contributed by atoms with Crippen LogP contribution in [-0.2, 0) is 14.6 Å². The number of nitrogens with zero attached hydrogens (tertiary/aromatic N) is 1. The lowest BCUT2D eigenvalue weighted by molar-refractivity contribution is -0.132. The zero-order chi connectivity index (χ0) is 18.7. The highest BCUT2D eigenvalue weighted by Crippen LogP contribution is 2.32. The molecule has 2 aliphatic heterocycles. The lowest BCUT2D eigenvalue weighted by Crippen LogP contribution is -2.56. The van der Waals surface area contributed by atoms with E-state index in [9.17, 15) is 13.2 Å². The minimum atomic E-state index is -3.57. The molecule has 1 aromatic rings. The Kier molecular flexibility index (Phi) is 5.72. The quantitative estimate of drug-likeness (QED) is 0.843. The fourth-order valence-electron chi connectivity index (χ4n) is 3.37. The van der Waals surface area contributed by atoms with E-state index in [0.29, 0.717) is 37.8 Å².